The molecule has 0 aliphatic carbocycles. The van der Waals surface area contributed by atoms with Gasteiger partial charge in [-0.3, -0.25) is 0 Å². The predicted octanol–water partition coefficient (Wildman–Crippen LogP) is -5.28. The van der Waals surface area contributed by atoms with Crippen LogP contribution in [0.3, 0.4) is 0 Å². The summed E-state index contributed by atoms with van der Waals surface area (Å²) < 4.78 is 4.15. The van der Waals surface area contributed by atoms with Crippen LogP contribution in [-0.2, 0) is 4.52 Å². The molecule has 0 radical (unpaired) electrons. The fourth-order valence-corrected chi connectivity index (χ4v) is 1.84. The average molecular weight is 240 g/mol. The van der Waals surface area contributed by atoms with Crippen molar-refractivity contribution in [2.45, 2.75) is 20.8 Å². The van der Waals surface area contributed by atoms with E-state index in [4.69, 9.17) is 0 Å². The van der Waals surface area contributed by atoms with E-state index < -0.39 is 14.6 Å². The molecule has 0 atom stereocenters. The third kappa shape index (κ3) is 5.60. The van der Waals surface area contributed by atoms with Crippen LogP contribution >= 0.6 is 8.60 Å². The van der Waals surface area contributed by atoms with Gasteiger partial charge in [-0.25, -0.2) is 4.79 Å². The summed E-state index contributed by atoms with van der Waals surface area (Å²) >= 11 is 0. The Morgan fingerprint density at radius 1 is 1.12 bits per heavy atom. The van der Waals surface area contributed by atoms with Crippen LogP contribution in [-0.4, -0.2) is 5.97 Å². The van der Waals surface area contributed by atoms with Crippen LogP contribution in [0.15, 0.2) is 12.1 Å². The van der Waals surface area contributed by atoms with Gasteiger partial charge in [0.15, 0.2) is 0 Å². The van der Waals surface area contributed by atoms with Gasteiger partial charge in [0.25, 0.3) is 0 Å². The first kappa shape index (κ1) is 19.6. The number of rotatable bonds is 2. The minimum atomic E-state index is -3.15. The van der Waals surface area contributed by atoms with Gasteiger partial charge in [0.1, 0.15) is 0 Å². The second-order valence-electron chi connectivity index (χ2n) is 3.38. The van der Waals surface area contributed by atoms with Crippen molar-refractivity contribution in [1.82, 2.24) is 0 Å². The Kier molecular flexibility index (Phi) is 9.62. The van der Waals surface area contributed by atoms with Gasteiger partial charge in [-0.05, 0) is 31.9 Å². The fraction of sp³-hybridized carbons (Fsp3) is 0.300. The first-order valence-corrected chi connectivity index (χ1v) is 5.46. The Hall–Kier alpha value is 0.235. The molecule has 0 fully saturated rings. The van der Waals surface area contributed by atoms with Crippen molar-refractivity contribution in [3.05, 3.63) is 34.4 Å². The minimum absolute atomic E-state index is 0. The Bertz CT molecular complexity index is 373. The molecule has 0 amide bonds. The number of carbonyl (C=O) groups is 1. The zero-order chi connectivity index (χ0) is 11.6. The summed E-state index contributed by atoms with van der Waals surface area (Å²) in [6.45, 7) is 5.39. The normalized spacial score (nSPS) is 9.29. The molecule has 1 aromatic carbocycles. The zero-order valence-electron chi connectivity index (χ0n) is 10.7. The van der Waals surface area contributed by atoms with Crippen LogP contribution in [0.5, 0.6) is 0 Å². The molecule has 0 saturated heterocycles. The summed E-state index contributed by atoms with van der Waals surface area (Å²) in [5.74, 6) is -0.818. The molecular weight excluding hydrogens is 229 g/mol. The fourth-order valence-electron chi connectivity index (χ4n) is 1.62. The third-order valence-corrected chi connectivity index (χ3v) is 2.35. The molecule has 0 unspecified atom stereocenters. The molecule has 0 aromatic heterocycles. The van der Waals surface area contributed by atoms with Gasteiger partial charge >= 0.3 is 43.7 Å². The molecule has 0 spiro atoms. The van der Waals surface area contributed by atoms with E-state index in [1.54, 1.807) is 13.8 Å². The maximum atomic E-state index is 11.4. The van der Waals surface area contributed by atoms with Crippen LogP contribution in [0.4, 0.5) is 0 Å². The molecule has 1 rings (SSSR count). The Balaban J connectivity index is 0. The quantitative estimate of drug-likeness (QED) is 0.382. The SMILES string of the molecule is Cc1cc(C)c(C(=O)OP([O-])[O-])c(C)c1.[Li+].[Li+]. The summed E-state index contributed by atoms with van der Waals surface area (Å²) in [6, 6.07) is 3.61. The topological polar surface area (TPSA) is 72.4 Å². The monoisotopic (exact) mass is 240 g/mol. The molecule has 4 nitrogen and oxygen atoms in total. The Labute approximate surface area is 126 Å². The number of aryl methyl sites for hydroxylation is 3. The molecule has 0 aliphatic heterocycles. The van der Waals surface area contributed by atoms with Gasteiger partial charge < -0.3 is 14.3 Å². The van der Waals surface area contributed by atoms with Crippen molar-refractivity contribution in [3.63, 3.8) is 0 Å². The molecule has 7 heteroatoms. The largest absolute Gasteiger partial charge is 1.00 e. The van der Waals surface area contributed by atoms with Gasteiger partial charge in [0.05, 0.1) is 5.56 Å². The van der Waals surface area contributed by atoms with E-state index in [1.807, 2.05) is 19.1 Å². The number of hydrogen-bond donors (Lipinski definition) is 0. The van der Waals surface area contributed by atoms with Crippen molar-refractivity contribution in [2.24, 2.45) is 0 Å². The number of hydrogen-bond acceptors (Lipinski definition) is 4. The molecule has 82 valence electrons. The van der Waals surface area contributed by atoms with Crippen molar-refractivity contribution in [1.29, 1.82) is 0 Å². The van der Waals surface area contributed by atoms with Crippen molar-refractivity contribution in [3.8, 4) is 0 Å². The minimum Gasteiger partial charge on any atom is -0.810 e. The van der Waals surface area contributed by atoms with Crippen molar-refractivity contribution >= 4 is 14.6 Å². The smallest absolute Gasteiger partial charge is 0.810 e. The van der Waals surface area contributed by atoms with Gasteiger partial charge in [0.2, 0.25) is 0 Å². The molecule has 0 N–H and O–H groups in total. The summed E-state index contributed by atoms with van der Waals surface area (Å²) in [4.78, 5) is 31.9. The zero-order valence-corrected chi connectivity index (χ0v) is 11.6. The van der Waals surface area contributed by atoms with E-state index in [1.165, 1.54) is 0 Å². The van der Waals surface area contributed by atoms with Crippen LogP contribution < -0.4 is 47.5 Å². The molecule has 1 aromatic rings. The Morgan fingerprint density at radius 3 is 1.88 bits per heavy atom. The van der Waals surface area contributed by atoms with Crippen LogP contribution in [0.1, 0.15) is 27.0 Å². The number of carbonyl (C=O) groups excluding carboxylic acids is 1. The second-order valence-corrected chi connectivity index (χ2v) is 4.01. The van der Waals surface area contributed by atoms with Gasteiger partial charge in [-0.2, -0.15) is 0 Å². The number of benzene rings is 1. The maximum absolute atomic E-state index is 11.4. The molecule has 0 bridgehead atoms. The predicted molar refractivity (Wildman–Crippen MR) is 53.0 cm³/mol. The van der Waals surface area contributed by atoms with E-state index in [2.05, 4.69) is 4.52 Å². The first-order chi connectivity index (χ1) is 6.91. The van der Waals surface area contributed by atoms with E-state index in [0.717, 1.165) is 5.56 Å². The maximum Gasteiger partial charge on any atom is 1.00 e. The molecule has 0 heterocycles. The van der Waals surface area contributed by atoms with Crippen LogP contribution in [0, 0.1) is 20.8 Å². The summed E-state index contributed by atoms with van der Waals surface area (Å²) in [7, 11) is -3.15. The van der Waals surface area contributed by atoms with Gasteiger partial charge in [-0.15, -0.1) is 0 Å². The first-order valence-electron chi connectivity index (χ1n) is 4.36. The van der Waals surface area contributed by atoms with E-state index in [9.17, 15) is 14.6 Å². The summed E-state index contributed by atoms with van der Waals surface area (Å²) in [6.07, 6.45) is 0. The van der Waals surface area contributed by atoms with E-state index in [-0.39, 0.29) is 37.7 Å². The van der Waals surface area contributed by atoms with Gasteiger partial charge in [0, 0.05) is 0 Å². The van der Waals surface area contributed by atoms with E-state index >= 15 is 0 Å². The molecule has 0 saturated carbocycles. The third-order valence-electron chi connectivity index (χ3n) is 2.04. The Morgan fingerprint density at radius 2 is 1.53 bits per heavy atom. The standard InChI is InChI=1S/C10H11O4P.2Li/c1-6-4-7(2)9(8(3)5-6)10(11)14-15(12)13;;/h4-5H,1-3H3;;/q-2;2*+1. The van der Waals surface area contributed by atoms with Crippen molar-refractivity contribution in [2.75, 3.05) is 0 Å². The molecular formula is C10H11Li2O4P. The second kappa shape index (κ2) is 8.36. The van der Waals surface area contributed by atoms with Crippen molar-refractivity contribution < 1.29 is 56.8 Å². The van der Waals surface area contributed by atoms with Crippen LogP contribution in [0.25, 0.3) is 0 Å². The van der Waals surface area contributed by atoms with Crippen LogP contribution in [0.2, 0.25) is 0 Å². The summed E-state index contributed by atoms with van der Waals surface area (Å²) in [5, 5.41) is 0. The average Bonchev–Trinajstić information content (AvgIpc) is 1.99. The van der Waals surface area contributed by atoms with Gasteiger partial charge in [-0.1, -0.05) is 26.3 Å². The molecule has 0 aliphatic rings. The molecule has 17 heavy (non-hydrogen) atoms. The van der Waals surface area contributed by atoms with E-state index in [0.29, 0.717) is 16.7 Å². The summed E-state index contributed by atoms with van der Waals surface area (Å²) in [5.41, 5.74) is 2.77.